The third-order valence-corrected chi connectivity index (χ3v) is 3.46. The first-order chi connectivity index (χ1) is 9.18. The van der Waals surface area contributed by atoms with Crippen LogP contribution < -0.4 is 5.32 Å². The highest BCUT2D eigenvalue weighted by atomic mass is 16.3. The van der Waals surface area contributed by atoms with E-state index in [4.69, 9.17) is 0 Å². The van der Waals surface area contributed by atoms with Crippen molar-refractivity contribution >= 4 is 0 Å². The number of aryl methyl sites for hydroxylation is 1. The van der Waals surface area contributed by atoms with Crippen LogP contribution in [0.2, 0.25) is 0 Å². The molecule has 100 valence electrons. The molecule has 2 atom stereocenters. The number of aliphatic hydroxyl groups excluding tert-OH is 1. The molecule has 2 heteroatoms. The molecule has 1 unspecified atom stereocenters. The van der Waals surface area contributed by atoms with E-state index in [0.29, 0.717) is 6.54 Å². The lowest BCUT2D eigenvalue weighted by molar-refractivity contribution is 0.171. The molecule has 19 heavy (non-hydrogen) atoms. The van der Waals surface area contributed by atoms with Crippen LogP contribution >= 0.6 is 0 Å². The van der Waals surface area contributed by atoms with Crippen molar-refractivity contribution in [3.8, 4) is 0 Å². The minimum atomic E-state index is -0.465. The van der Waals surface area contributed by atoms with Gasteiger partial charge in [-0.1, -0.05) is 54.6 Å². The standard InChI is InChI=1S/C17H21NO/c1-13-8-6-7-11-16(13)14(2)18-12-17(19)15-9-4-3-5-10-15/h3-11,14,17-19H,12H2,1-2H3/t14-,17?/m1/s1. The molecule has 0 aliphatic heterocycles. The zero-order valence-corrected chi connectivity index (χ0v) is 11.5. The van der Waals surface area contributed by atoms with Crippen LogP contribution in [0.4, 0.5) is 0 Å². The number of aliphatic hydroxyl groups is 1. The van der Waals surface area contributed by atoms with Crippen LogP contribution in [0, 0.1) is 6.92 Å². The van der Waals surface area contributed by atoms with E-state index < -0.39 is 6.10 Å². The zero-order chi connectivity index (χ0) is 13.7. The van der Waals surface area contributed by atoms with E-state index in [1.807, 2.05) is 42.5 Å². The second kappa shape index (κ2) is 6.50. The van der Waals surface area contributed by atoms with Crippen LogP contribution in [0.25, 0.3) is 0 Å². The highest BCUT2D eigenvalue weighted by Gasteiger charge is 2.11. The molecule has 0 radical (unpaired) electrons. The Bertz CT molecular complexity index is 510. The zero-order valence-electron chi connectivity index (χ0n) is 11.5. The third kappa shape index (κ3) is 3.66. The van der Waals surface area contributed by atoms with Gasteiger partial charge in [0.05, 0.1) is 6.10 Å². The summed E-state index contributed by atoms with van der Waals surface area (Å²) >= 11 is 0. The highest BCUT2D eigenvalue weighted by Crippen LogP contribution is 2.18. The molecule has 0 aliphatic rings. The van der Waals surface area contributed by atoms with Gasteiger partial charge in [-0.05, 0) is 30.5 Å². The summed E-state index contributed by atoms with van der Waals surface area (Å²) in [6, 6.07) is 18.3. The smallest absolute Gasteiger partial charge is 0.0914 e. The molecule has 0 bridgehead atoms. The maximum atomic E-state index is 10.1. The van der Waals surface area contributed by atoms with Gasteiger partial charge in [-0.15, -0.1) is 0 Å². The molecule has 2 aromatic rings. The normalized spacial score (nSPS) is 14.1. The summed E-state index contributed by atoms with van der Waals surface area (Å²) in [5.41, 5.74) is 3.51. The first-order valence-electron chi connectivity index (χ1n) is 6.70. The molecule has 0 saturated carbocycles. The predicted octanol–water partition coefficient (Wildman–Crippen LogP) is 3.38. The van der Waals surface area contributed by atoms with Crippen molar-refractivity contribution in [1.29, 1.82) is 0 Å². The van der Waals surface area contributed by atoms with Crippen LogP contribution in [0.5, 0.6) is 0 Å². The summed E-state index contributed by atoms with van der Waals surface area (Å²) in [4.78, 5) is 0. The summed E-state index contributed by atoms with van der Waals surface area (Å²) < 4.78 is 0. The fourth-order valence-corrected chi connectivity index (χ4v) is 2.26. The van der Waals surface area contributed by atoms with Crippen molar-refractivity contribution in [2.45, 2.75) is 26.0 Å². The van der Waals surface area contributed by atoms with Crippen molar-refractivity contribution in [1.82, 2.24) is 5.32 Å². The van der Waals surface area contributed by atoms with Gasteiger partial charge in [0.2, 0.25) is 0 Å². The maximum Gasteiger partial charge on any atom is 0.0914 e. The van der Waals surface area contributed by atoms with Gasteiger partial charge in [-0.2, -0.15) is 0 Å². The fourth-order valence-electron chi connectivity index (χ4n) is 2.26. The monoisotopic (exact) mass is 255 g/mol. The first-order valence-corrected chi connectivity index (χ1v) is 6.70. The molecule has 0 amide bonds. The van der Waals surface area contributed by atoms with E-state index in [-0.39, 0.29) is 6.04 Å². The SMILES string of the molecule is Cc1ccccc1[C@@H](C)NCC(O)c1ccccc1. The minimum Gasteiger partial charge on any atom is -0.387 e. The fraction of sp³-hybridized carbons (Fsp3) is 0.294. The van der Waals surface area contributed by atoms with Gasteiger partial charge in [0, 0.05) is 12.6 Å². The second-order valence-corrected chi connectivity index (χ2v) is 4.91. The van der Waals surface area contributed by atoms with Gasteiger partial charge in [-0.25, -0.2) is 0 Å². The van der Waals surface area contributed by atoms with E-state index in [1.54, 1.807) is 0 Å². The highest BCUT2D eigenvalue weighted by molar-refractivity contribution is 5.28. The molecule has 0 spiro atoms. The Kier molecular flexibility index (Phi) is 4.72. The van der Waals surface area contributed by atoms with Crippen molar-refractivity contribution < 1.29 is 5.11 Å². The van der Waals surface area contributed by atoms with Crippen molar-refractivity contribution in [3.63, 3.8) is 0 Å². The van der Waals surface area contributed by atoms with Crippen LogP contribution in [0.1, 0.15) is 35.8 Å². The van der Waals surface area contributed by atoms with E-state index in [9.17, 15) is 5.11 Å². The lowest BCUT2D eigenvalue weighted by Crippen LogP contribution is -2.25. The molecule has 0 heterocycles. The van der Waals surface area contributed by atoms with E-state index >= 15 is 0 Å². The van der Waals surface area contributed by atoms with Gasteiger partial charge in [0.1, 0.15) is 0 Å². The number of hydrogen-bond acceptors (Lipinski definition) is 2. The number of rotatable bonds is 5. The van der Waals surface area contributed by atoms with Crippen LogP contribution in [-0.4, -0.2) is 11.7 Å². The predicted molar refractivity (Wildman–Crippen MR) is 79.0 cm³/mol. The lowest BCUT2D eigenvalue weighted by atomic mass is 10.0. The Balaban J connectivity index is 1.94. The summed E-state index contributed by atoms with van der Waals surface area (Å²) in [5, 5.41) is 13.5. The van der Waals surface area contributed by atoms with Crippen LogP contribution in [0.15, 0.2) is 54.6 Å². The topological polar surface area (TPSA) is 32.3 Å². The van der Waals surface area contributed by atoms with Gasteiger partial charge in [0.25, 0.3) is 0 Å². The molecular weight excluding hydrogens is 234 g/mol. The third-order valence-electron chi connectivity index (χ3n) is 3.46. The average molecular weight is 255 g/mol. The molecular formula is C17H21NO. The van der Waals surface area contributed by atoms with Crippen molar-refractivity contribution in [2.24, 2.45) is 0 Å². The maximum absolute atomic E-state index is 10.1. The van der Waals surface area contributed by atoms with E-state index in [1.165, 1.54) is 11.1 Å². The van der Waals surface area contributed by atoms with E-state index in [2.05, 4.69) is 31.3 Å². The van der Waals surface area contributed by atoms with Gasteiger partial charge >= 0.3 is 0 Å². The molecule has 2 rings (SSSR count). The minimum absolute atomic E-state index is 0.236. The molecule has 0 fully saturated rings. The summed E-state index contributed by atoms with van der Waals surface area (Å²) in [5.74, 6) is 0. The number of nitrogens with one attached hydrogen (secondary N) is 1. The molecule has 2 nitrogen and oxygen atoms in total. The average Bonchev–Trinajstić information content (AvgIpc) is 2.46. The molecule has 0 saturated heterocycles. The summed E-state index contributed by atoms with van der Waals surface area (Å²) in [6.45, 7) is 4.79. The van der Waals surface area contributed by atoms with Crippen LogP contribution in [-0.2, 0) is 0 Å². The molecule has 2 aromatic carbocycles. The molecule has 0 aromatic heterocycles. The van der Waals surface area contributed by atoms with Gasteiger partial charge in [-0.3, -0.25) is 0 Å². The van der Waals surface area contributed by atoms with Crippen molar-refractivity contribution in [2.75, 3.05) is 6.54 Å². The second-order valence-electron chi connectivity index (χ2n) is 4.91. The Labute approximate surface area is 115 Å². The Morgan fingerprint density at radius 1 is 1.00 bits per heavy atom. The van der Waals surface area contributed by atoms with E-state index in [0.717, 1.165) is 5.56 Å². The quantitative estimate of drug-likeness (QED) is 0.858. The lowest BCUT2D eigenvalue weighted by Gasteiger charge is -2.19. The van der Waals surface area contributed by atoms with Gasteiger partial charge < -0.3 is 10.4 Å². The number of benzene rings is 2. The first kappa shape index (κ1) is 13.8. The summed E-state index contributed by atoms with van der Waals surface area (Å²) in [6.07, 6.45) is -0.465. The Morgan fingerprint density at radius 2 is 1.63 bits per heavy atom. The molecule has 0 aliphatic carbocycles. The largest absolute Gasteiger partial charge is 0.387 e. The Hall–Kier alpha value is -1.64. The Morgan fingerprint density at radius 3 is 2.32 bits per heavy atom. The van der Waals surface area contributed by atoms with Gasteiger partial charge in [0.15, 0.2) is 0 Å². The van der Waals surface area contributed by atoms with Crippen molar-refractivity contribution in [3.05, 3.63) is 71.3 Å². The summed E-state index contributed by atoms with van der Waals surface area (Å²) in [7, 11) is 0. The van der Waals surface area contributed by atoms with Crippen LogP contribution in [0.3, 0.4) is 0 Å². The number of hydrogen-bond donors (Lipinski definition) is 2. The molecule has 2 N–H and O–H groups in total.